The van der Waals surface area contributed by atoms with Gasteiger partial charge in [-0.1, -0.05) is 42.5 Å². The van der Waals surface area contributed by atoms with Crippen molar-refractivity contribution in [1.82, 2.24) is 15.3 Å². The fourth-order valence-electron chi connectivity index (χ4n) is 2.36. The minimum atomic E-state index is -0.562. The number of nitrogens with one attached hydrogen (secondary N) is 2. The summed E-state index contributed by atoms with van der Waals surface area (Å²) in [6.07, 6.45) is -0.562. The van der Waals surface area contributed by atoms with Crippen molar-refractivity contribution < 1.29 is 9.53 Å². The van der Waals surface area contributed by atoms with Gasteiger partial charge in [0.15, 0.2) is 0 Å². The third-order valence-corrected chi connectivity index (χ3v) is 3.57. The van der Waals surface area contributed by atoms with E-state index in [1.807, 2.05) is 30.3 Å². The van der Waals surface area contributed by atoms with Crippen LogP contribution < -0.4 is 10.1 Å². The number of ether oxygens (including phenoxy) is 1. The van der Waals surface area contributed by atoms with E-state index in [-0.39, 0.29) is 6.01 Å². The Kier molecular flexibility index (Phi) is 3.85. The smallest absolute Gasteiger partial charge is 0.375 e. The van der Waals surface area contributed by atoms with Gasteiger partial charge >= 0.3 is 12.1 Å². The topological polar surface area (TPSA) is 67.0 Å². The van der Waals surface area contributed by atoms with Gasteiger partial charge in [0.1, 0.15) is 0 Å². The molecule has 3 rings (SSSR count). The average Bonchev–Trinajstić information content (AvgIpc) is 2.95. The van der Waals surface area contributed by atoms with Crippen LogP contribution in [0.25, 0.3) is 16.6 Å². The number of amides is 1. The fraction of sp³-hybridized carbons (Fsp3) is 0.111. The summed E-state index contributed by atoms with van der Waals surface area (Å²) in [4.78, 5) is 18.5. The molecular weight excluding hydrogens is 290 g/mol. The standard InChI is InChI=1S/C18H17N3O2/c1-11-5-4-6-13(9-11)12(2)14-7-8-15-16(10-14)21-17(20-15)23-18(22)19-3/h4-10H,2H2,1,3H3,(H,19,22)(H,20,21). The Bertz CT molecular complexity index is 896. The highest BCUT2D eigenvalue weighted by Gasteiger charge is 2.10. The summed E-state index contributed by atoms with van der Waals surface area (Å²) in [7, 11) is 1.49. The molecule has 3 aromatic rings. The highest BCUT2D eigenvalue weighted by Crippen LogP contribution is 2.26. The molecule has 116 valence electrons. The number of benzene rings is 2. The lowest BCUT2D eigenvalue weighted by Crippen LogP contribution is -2.22. The Balaban J connectivity index is 1.93. The maximum absolute atomic E-state index is 11.2. The van der Waals surface area contributed by atoms with E-state index in [1.165, 1.54) is 12.6 Å². The zero-order valence-electron chi connectivity index (χ0n) is 13.0. The molecule has 0 bridgehead atoms. The van der Waals surface area contributed by atoms with Crippen molar-refractivity contribution in [2.24, 2.45) is 0 Å². The number of imidazole rings is 1. The predicted molar refractivity (Wildman–Crippen MR) is 90.5 cm³/mol. The minimum absolute atomic E-state index is 0.165. The third-order valence-electron chi connectivity index (χ3n) is 3.57. The summed E-state index contributed by atoms with van der Waals surface area (Å²) in [5, 5.41) is 2.38. The first-order valence-electron chi connectivity index (χ1n) is 7.22. The zero-order valence-corrected chi connectivity index (χ0v) is 13.0. The number of rotatable bonds is 3. The molecule has 0 aliphatic heterocycles. The fourth-order valence-corrected chi connectivity index (χ4v) is 2.36. The Hall–Kier alpha value is -3.08. The van der Waals surface area contributed by atoms with Gasteiger partial charge in [-0.15, -0.1) is 0 Å². The van der Waals surface area contributed by atoms with E-state index in [0.717, 1.165) is 27.7 Å². The van der Waals surface area contributed by atoms with Crippen molar-refractivity contribution in [3.63, 3.8) is 0 Å². The van der Waals surface area contributed by atoms with Crippen molar-refractivity contribution in [3.8, 4) is 6.01 Å². The number of aromatic nitrogens is 2. The Morgan fingerprint density at radius 2 is 2.00 bits per heavy atom. The second kappa shape index (κ2) is 5.96. The normalized spacial score (nSPS) is 10.5. The van der Waals surface area contributed by atoms with Crippen molar-refractivity contribution in [1.29, 1.82) is 0 Å². The van der Waals surface area contributed by atoms with Crippen molar-refractivity contribution in [3.05, 3.63) is 65.7 Å². The molecule has 2 aromatic carbocycles. The van der Waals surface area contributed by atoms with Gasteiger partial charge in [0.25, 0.3) is 0 Å². The van der Waals surface area contributed by atoms with Crippen LogP contribution in [0, 0.1) is 6.92 Å². The number of hydrogen-bond donors (Lipinski definition) is 2. The first-order valence-corrected chi connectivity index (χ1v) is 7.22. The predicted octanol–water partition coefficient (Wildman–Crippen LogP) is 3.65. The second-order valence-electron chi connectivity index (χ2n) is 5.26. The van der Waals surface area contributed by atoms with E-state index in [4.69, 9.17) is 4.74 Å². The van der Waals surface area contributed by atoms with Crippen LogP contribution in [0.4, 0.5) is 4.79 Å². The van der Waals surface area contributed by atoms with Crippen molar-refractivity contribution >= 4 is 22.7 Å². The van der Waals surface area contributed by atoms with Crippen LogP contribution in [0.1, 0.15) is 16.7 Å². The first kappa shape index (κ1) is 14.8. The molecule has 0 aliphatic rings. The maximum Gasteiger partial charge on any atom is 0.414 e. The Morgan fingerprint density at radius 1 is 1.22 bits per heavy atom. The molecule has 1 amide bonds. The molecule has 5 heteroatoms. The minimum Gasteiger partial charge on any atom is -0.375 e. The Labute approximate surface area is 134 Å². The second-order valence-corrected chi connectivity index (χ2v) is 5.26. The molecule has 0 spiro atoms. The molecule has 23 heavy (non-hydrogen) atoms. The number of aryl methyl sites for hydroxylation is 1. The quantitative estimate of drug-likeness (QED) is 0.776. The molecular formula is C18H17N3O2. The molecule has 0 fully saturated rings. The van der Waals surface area contributed by atoms with Crippen molar-refractivity contribution in [2.45, 2.75) is 6.92 Å². The van der Waals surface area contributed by atoms with Crippen LogP contribution in [0.15, 0.2) is 49.0 Å². The highest BCUT2D eigenvalue weighted by molar-refractivity contribution is 5.86. The molecule has 0 aliphatic carbocycles. The van der Waals surface area contributed by atoms with Crippen molar-refractivity contribution in [2.75, 3.05) is 7.05 Å². The Morgan fingerprint density at radius 3 is 2.74 bits per heavy atom. The zero-order chi connectivity index (χ0) is 16.4. The number of carbonyl (C=O) groups excluding carboxylic acids is 1. The van der Waals surface area contributed by atoms with Crippen LogP contribution in [0.3, 0.4) is 0 Å². The molecule has 0 saturated heterocycles. The van der Waals surface area contributed by atoms with Gasteiger partial charge in [-0.25, -0.2) is 4.79 Å². The van der Waals surface area contributed by atoms with Gasteiger partial charge in [-0.05, 0) is 35.8 Å². The molecule has 0 saturated carbocycles. The third kappa shape index (κ3) is 3.08. The summed E-state index contributed by atoms with van der Waals surface area (Å²) < 4.78 is 5.01. The molecule has 0 radical (unpaired) electrons. The lowest BCUT2D eigenvalue weighted by Gasteiger charge is -2.07. The molecule has 2 N–H and O–H groups in total. The summed E-state index contributed by atoms with van der Waals surface area (Å²) in [6, 6.07) is 14.1. The molecule has 1 heterocycles. The van der Waals surface area contributed by atoms with Crippen LogP contribution in [0.2, 0.25) is 0 Å². The molecule has 0 atom stereocenters. The number of carbonyl (C=O) groups is 1. The van der Waals surface area contributed by atoms with Gasteiger partial charge in [0, 0.05) is 7.05 Å². The van der Waals surface area contributed by atoms with E-state index >= 15 is 0 Å². The van der Waals surface area contributed by atoms with Gasteiger partial charge in [0.2, 0.25) is 0 Å². The summed E-state index contributed by atoms with van der Waals surface area (Å²) in [5.41, 5.74) is 5.67. The lowest BCUT2D eigenvalue weighted by molar-refractivity contribution is 0.199. The number of hydrogen-bond acceptors (Lipinski definition) is 3. The van der Waals surface area contributed by atoms with E-state index in [1.54, 1.807) is 0 Å². The summed E-state index contributed by atoms with van der Waals surface area (Å²) in [5.74, 6) is 0. The van der Waals surface area contributed by atoms with Crippen LogP contribution in [-0.4, -0.2) is 23.1 Å². The van der Waals surface area contributed by atoms with Gasteiger partial charge in [-0.2, -0.15) is 4.98 Å². The van der Waals surface area contributed by atoms with Crippen LogP contribution in [-0.2, 0) is 0 Å². The van der Waals surface area contributed by atoms with Gasteiger partial charge in [0.05, 0.1) is 11.0 Å². The summed E-state index contributed by atoms with van der Waals surface area (Å²) in [6.45, 7) is 6.23. The monoisotopic (exact) mass is 307 g/mol. The van der Waals surface area contributed by atoms with Gasteiger partial charge in [-0.3, -0.25) is 0 Å². The molecule has 0 unspecified atom stereocenters. The van der Waals surface area contributed by atoms with E-state index in [2.05, 4.69) is 40.9 Å². The summed E-state index contributed by atoms with van der Waals surface area (Å²) >= 11 is 0. The van der Waals surface area contributed by atoms with Crippen LogP contribution >= 0.6 is 0 Å². The van der Waals surface area contributed by atoms with E-state index < -0.39 is 6.09 Å². The average molecular weight is 307 g/mol. The highest BCUT2D eigenvalue weighted by atomic mass is 16.6. The number of fused-ring (bicyclic) bond motifs is 1. The largest absolute Gasteiger partial charge is 0.414 e. The SMILES string of the molecule is C=C(c1cccc(C)c1)c1ccc2[nH]c(OC(=O)NC)nc2c1. The molecule has 5 nitrogen and oxygen atoms in total. The molecule has 1 aromatic heterocycles. The maximum atomic E-state index is 11.2. The van der Waals surface area contributed by atoms with Crippen LogP contribution in [0.5, 0.6) is 6.01 Å². The number of nitrogens with zero attached hydrogens (tertiary/aromatic N) is 1. The number of aromatic amines is 1. The number of H-pyrrole nitrogens is 1. The van der Waals surface area contributed by atoms with E-state index in [9.17, 15) is 4.79 Å². The van der Waals surface area contributed by atoms with Gasteiger partial charge < -0.3 is 15.0 Å². The first-order chi connectivity index (χ1) is 11.1. The lowest BCUT2D eigenvalue weighted by atomic mass is 9.98. The van der Waals surface area contributed by atoms with E-state index in [0.29, 0.717) is 0 Å².